The average molecular weight is 420 g/mol. The third-order valence-electron chi connectivity index (χ3n) is 4.71. The molecule has 3 rings (SSSR count). The van der Waals surface area contributed by atoms with Crippen molar-refractivity contribution >= 4 is 0 Å². The Morgan fingerprint density at radius 2 is 1.10 bits per heavy atom. The Kier molecular flexibility index (Phi) is 7.16. The molecule has 3 aromatic rings. The molecular weight excluding hydrogens is 400 g/mol. The third kappa shape index (κ3) is 5.56. The highest BCUT2D eigenvalue weighted by Crippen LogP contribution is 2.17. The molecule has 0 aromatic heterocycles. The molecule has 0 heterocycles. The Hall–Kier alpha value is -3.50. The molecule has 4 heteroatoms. The van der Waals surface area contributed by atoms with Crippen LogP contribution in [0.1, 0.15) is 53.6 Å². The molecule has 156 valence electrons. The van der Waals surface area contributed by atoms with Crippen LogP contribution in [0.3, 0.4) is 0 Å². The molecule has 0 nitrogen and oxygen atoms in total. The van der Waals surface area contributed by atoms with Crippen molar-refractivity contribution in [2.75, 3.05) is 0 Å². The van der Waals surface area contributed by atoms with Gasteiger partial charge in [0.05, 0.1) is 5.56 Å². The van der Waals surface area contributed by atoms with Gasteiger partial charge in [-0.15, -0.1) is 0 Å². The number of hydrogen-bond donors (Lipinski definition) is 0. The monoisotopic (exact) mass is 420 g/mol. The molecule has 0 spiro atoms. The van der Waals surface area contributed by atoms with Crippen LogP contribution in [-0.2, 0) is 12.8 Å². The fourth-order valence-corrected chi connectivity index (χ4v) is 3.10. The summed E-state index contributed by atoms with van der Waals surface area (Å²) in [7, 11) is 0. The zero-order chi connectivity index (χ0) is 22.4. The molecule has 0 aliphatic heterocycles. The van der Waals surface area contributed by atoms with Gasteiger partial charge in [-0.05, 0) is 54.8 Å². The van der Waals surface area contributed by atoms with E-state index in [9.17, 15) is 17.6 Å². The maximum Gasteiger partial charge on any atom is 0.143 e. The second-order valence-electron chi connectivity index (χ2n) is 7.03. The largest absolute Gasteiger partial charge is 0.207 e. The van der Waals surface area contributed by atoms with Crippen LogP contribution in [-0.4, -0.2) is 0 Å². The van der Waals surface area contributed by atoms with E-state index < -0.39 is 28.8 Å². The van der Waals surface area contributed by atoms with Gasteiger partial charge in [0.15, 0.2) is 0 Å². The number of benzene rings is 3. The van der Waals surface area contributed by atoms with Crippen molar-refractivity contribution in [1.29, 1.82) is 0 Å². The van der Waals surface area contributed by atoms with Gasteiger partial charge in [0.2, 0.25) is 0 Å². The predicted octanol–water partition coefficient (Wildman–Crippen LogP) is 6.56. The van der Waals surface area contributed by atoms with E-state index in [1.807, 2.05) is 24.3 Å². The van der Waals surface area contributed by atoms with E-state index in [2.05, 4.69) is 30.6 Å². The van der Waals surface area contributed by atoms with Gasteiger partial charge in [0.1, 0.15) is 23.3 Å². The van der Waals surface area contributed by atoms with Gasteiger partial charge in [0, 0.05) is 22.3 Å². The van der Waals surface area contributed by atoms with E-state index in [0.717, 1.165) is 42.7 Å². The van der Waals surface area contributed by atoms with Gasteiger partial charge in [-0.3, -0.25) is 0 Å². The minimum absolute atomic E-state index is 0.00129. The lowest BCUT2D eigenvalue weighted by molar-refractivity contribution is 0.558. The van der Waals surface area contributed by atoms with Crippen molar-refractivity contribution < 1.29 is 17.6 Å². The average Bonchev–Trinajstić information content (AvgIpc) is 2.73. The summed E-state index contributed by atoms with van der Waals surface area (Å²) < 4.78 is 56.5. The summed E-state index contributed by atoms with van der Waals surface area (Å²) >= 11 is 0. The van der Waals surface area contributed by atoms with E-state index >= 15 is 0 Å². The topological polar surface area (TPSA) is 0 Å². The molecule has 31 heavy (non-hydrogen) atoms. The Morgan fingerprint density at radius 3 is 1.61 bits per heavy atom. The first kappa shape index (κ1) is 22.2. The molecule has 0 aliphatic rings. The maximum atomic E-state index is 14.4. The second kappa shape index (κ2) is 10.0. The number of rotatable bonds is 3. The van der Waals surface area contributed by atoms with Crippen LogP contribution in [0.15, 0.2) is 48.5 Å². The van der Waals surface area contributed by atoms with E-state index in [-0.39, 0.29) is 23.1 Å². The summed E-state index contributed by atoms with van der Waals surface area (Å²) in [4.78, 5) is 0. The lowest BCUT2D eigenvalue weighted by atomic mass is 10.1. The highest BCUT2D eigenvalue weighted by molar-refractivity contribution is 5.50. The maximum absolute atomic E-state index is 14.4. The van der Waals surface area contributed by atoms with E-state index in [0.29, 0.717) is 0 Å². The van der Waals surface area contributed by atoms with E-state index in [1.165, 1.54) is 5.56 Å². The molecule has 0 radical (unpaired) electrons. The van der Waals surface area contributed by atoms with Gasteiger partial charge in [-0.2, -0.15) is 0 Å². The Bertz CT molecular complexity index is 1170. The lowest BCUT2D eigenvalue weighted by Crippen LogP contribution is -1.96. The van der Waals surface area contributed by atoms with Crippen LogP contribution in [0, 0.1) is 47.0 Å². The van der Waals surface area contributed by atoms with Gasteiger partial charge in [-0.25, -0.2) is 17.6 Å². The summed E-state index contributed by atoms with van der Waals surface area (Å²) in [6, 6.07) is 12.0. The fraction of sp³-hybridized carbons (Fsp3) is 0.185. The van der Waals surface area contributed by atoms with Crippen LogP contribution >= 0.6 is 0 Å². The number of halogens is 4. The predicted molar refractivity (Wildman–Crippen MR) is 114 cm³/mol. The number of aryl methyl sites for hydroxylation is 1. The van der Waals surface area contributed by atoms with Crippen LogP contribution in [0.25, 0.3) is 0 Å². The summed E-state index contributed by atoms with van der Waals surface area (Å²) in [5, 5.41) is 0. The summed E-state index contributed by atoms with van der Waals surface area (Å²) in [6.45, 7) is 3.73. The van der Waals surface area contributed by atoms with Crippen molar-refractivity contribution in [2.24, 2.45) is 0 Å². The standard InChI is InChI=1S/C27H20F4/c1-3-5-18-6-8-19(9-7-18)10-11-20-16-26(30)23(27(31)17-20)13-12-21-14-24(28)22(4-2)25(29)15-21/h6-9,14-17H,3-5H2,1-2H3. The van der Waals surface area contributed by atoms with Crippen molar-refractivity contribution in [3.05, 3.63) is 105 Å². The molecule has 0 saturated heterocycles. The first-order valence-corrected chi connectivity index (χ1v) is 10.0. The minimum Gasteiger partial charge on any atom is -0.207 e. The molecule has 0 fully saturated rings. The molecule has 0 unspecified atom stereocenters. The van der Waals surface area contributed by atoms with Crippen LogP contribution < -0.4 is 0 Å². The van der Waals surface area contributed by atoms with Crippen LogP contribution in [0.5, 0.6) is 0 Å². The van der Waals surface area contributed by atoms with Gasteiger partial charge in [-0.1, -0.05) is 56.1 Å². The molecule has 0 aliphatic carbocycles. The Labute approximate surface area is 179 Å². The highest BCUT2D eigenvalue weighted by atomic mass is 19.1. The van der Waals surface area contributed by atoms with Crippen molar-refractivity contribution in [3.63, 3.8) is 0 Å². The Morgan fingerprint density at radius 1 is 0.613 bits per heavy atom. The summed E-state index contributed by atoms with van der Waals surface area (Å²) in [5.74, 6) is 7.13. The third-order valence-corrected chi connectivity index (χ3v) is 4.71. The molecule has 0 bridgehead atoms. The fourth-order valence-electron chi connectivity index (χ4n) is 3.10. The second-order valence-corrected chi connectivity index (χ2v) is 7.03. The van der Waals surface area contributed by atoms with Crippen molar-refractivity contribution in [1.82, 2.24) is 0 Å². The zero-order valence-corrected chi connectivity index (χ0v) is 17.3. The molecular formula is C27H20F4. The van der Waals surface area contributed by atoms with Crippen molar-refractivity contribution in [3.8, 4) is 23.7 Å². The molecule has 0 amide bonds. The van der Waals surface area contributed by atoms with Gasteiger partial charge in [0.25, 0.3) is 0 Å². The summed E-state index contributed by atoms with van der Waals surface area (Å²) in [6.07, 6.45) is 2.22. The highest BCUT2D eigenvalue weighted by Gasteiger charge is 2.10. The van der Waals surface area contributed by atoms with Gasteiger partial charge < -0.3 is 0 Å². The van der Waals surface area contributed by atoms with Crippen LogP contribution in [0.2, 0.25) is 0 Å². The Balaban J connectivity index is 1.85. The minimum atomic E-state index is -0.888. The SMILES string of the molecule is CCCc1ccc(C#Cc2cc(F)c(C#Cc3cc(F)c(CC)c(F)c3)c(F)c2)cc1. The number of hydrogen-bond acceptors (Lipinski definition) is 0. The normalized spacial score (nSPS) is 10.1. The zero-order valence-electron chi connectivity index (χ0n) is 17.3. The first-order chi connectivity index (χ1) is 14.9. The molecule has 0 N–H and O–H groups in total. The first-order valence-electron chi connectivity index (χ1n) is 10.0. The van der Waals surface area contributed by atoms with E-state index in [1.54, 1.807) is 6.92 Å². The van der Waals surface area contributed by atoms with Gasteiger partial charge >= 0.3 is 0 Å². The molecule has 3 aromatic carbocycles. The molecule has 0 atom stereocenters. The summed E-state index contributed by atoms with van der Waals surface area (Å²) in [5.41, 5.74) is 1.59. The smallest absolute Gasteiger partial charge is 0.143 e. The lowest BCUT2D eigenvalue weighted by Gasteiger charge is -2.02. The molecule has 0 saturated carbocycles. The van der Waals surface area contributed by atoms with Crippen LogP contribution in [0.4, 0.5) is 17.6 Å². The van der Waals surface area contributed by atoms with E-state index in [4.69, 9.17) is 0 Å². The van der Waals surface area contributed by atoms with Crippen molar-refractivity contribution in [2.45, 2.75) is 33.1 Å². The quantitative estimate of drug-likeness (QED) is 0.333.